The van der Waals surface area contributed by atoms with Crippen LogP contribution in [0.2, 0.25) is 5.15 Å². The van der Waals surface area contributed by atoms with Crippen molar-refractivity contribution in [2.45, 2.75) is 6.54 Å². The molecule has 0 aliphatic heterocycles. The van der Waals surface area contributed by atoms with Gasteiger partial charge in [-0.3, -0.25) is 0 Å². The summed E-state index contributed by atoms with van der Waals surface area (Å²) < 4.78 is 1.82. The normalized spacial score (nSPS) is 10.3. The number of aromatic carboxylic acids is 1. The molecular weight excluding hydrogens is 230 g/mol. The second-order valence-corrected chi connectivity index (χ2v) is 3.61. The van der Waals surface area contributed by atoms with E-state index in [-0.39, 0.29) is 10.8 Å². The van der Waals surface area contributed by atoms with Gasteiger partial charge in [-0.05, 0) is 17.7 Å². The molecule has 5 nitrogen and oxygen atoms in total. The highest BCUT2D eigenvalue weighted by molar-refractivity contribution is 6.29. The van der Waals surface area contributed by atoms with E-state index in [2.05, 4.69) is 9.97 Å². The van der Waals surface area contributed by atoms with E-state index in [0.29, 0.717) is 6.54 Å². The van der Waals surface area contributed by atoms with Crippen LogP contribution < -0.4 is 0 Å². The minimum Gasteiger partial charge on any atom is -0.477 e. The molecule has 0 aliphatic rings. The molecule has 0 aromatic carbocycles. The standard InChI is InChI=1S/C10H8ClN3O2/c11-9-4-7(3-8(13-9)10(15)16)5-14-2-1-12-6-14/h1-4,6H,5H2,(H,15,16). The predicted octanol–water partition coefficient (Wildman–Crippen LogP) is 1.68. The minimum absolute atomic E-state index is 0.0531. The van der Waals surface area contributed by atoms with E-state index in [9.17, 15) is 4.79 Å². The van der Waals surface area contributed by atoms with Crippen molar-refractivity contribution in [2.75, 3.05) is 0 Å². The smallest absolute Gasteiger partial charge is 0.354 e. The van der Waals surface area contributed by atoms with Gasteiger partial charge < -0.3 is 9.67 Å². The number of carboxylic acid groups (broad SMARTS) is 1. The average Bonchev–Trinajstić information content (AvgIpc) is 2.69. The van der Waals surface area contributed by atoms with E-state index in [4.69, 9.17) is 16.7 Å². The van der Waals surface area contributed by atoms with Crippen molar-refractivity contribution in [3.05, 3.63) is 47.3 Å². The fourth-order valence-electron chi connectivity index (χ4n) is 1.34. The number of rotatable bonds is 3. The van der Waals surface area contributed by atoms with Crippen LogP contribution in [0.15, 0.2) is 30.9 Å². The maximum Gasteiger partial charge on any atom is 0.354 e. The number of carbonyl (C=O) groups is 1. The Morgan fingerprint density at radius 3 is 2.94 bits per heavy atom. The Hall–Kier alpha value is -1.88. The van der Waals surface area contributed by atoms with Crippen LogP contribution >= 0.6 is 11.6 Å². The van der Waals surface area contributed by atoms with E-state index in [1.165, 1.54) is 6.07 Å². The van der Waals surface area contributed by atoms with Crippen molar-refractivity contribution >= 4 is 17.6 Å². The lowest BCUT2D eigenvalue weighted by Gasteiger charge is -2.04. The molecule has 16 heavy (non-hydrogen) atoms. The van der Waals surface area contributed by atoms with Crippen LogP contribution in [0.4, 0.5) is 0 Å². The molecule has 0 saturated heterocycles. The molecule has 82 valence electrons. The number of pyridine rings is 1. The van der Waals surface area contributed by atoms with Crippen molar-refractivity contribution in [1.82, 2.24) is 14.5 Å². The summed E-state index contributed by atoms with van der Waals surface area (Å²) in [7, 11) is 0. The molecule has 2 aromatic heterocycles. The van der Waals surface area contributed by atoms with E-state index >= 15 is 0 Å². The molecule has 0 spiro atoms. The topological polar surface area (TPSA) is 68.0 Å². The first-order chi connectivity index (χ1) is 7.65. The molecular formula is C10H8ClN3O2. The third kappa shape index (κ3) is 2.38. The van der Waals surface area contributed by atoms with Crippen molar-refractivity contribution in [3.8, 4) is 0 Å². The van der Waals surface area contributed by atoms with Gasteiger partial charge in [0.25, 0.3) is 0 Å². The second kappa shape index (κ2) is 4.32. The number of hydrogen-bond donors (Lipinski definition) is 1. The third-order valence-corrected chi connectivity index (χ3v) is 2.19. The van der Waals surface area contributed by atoms with Crippen LogP contribution in [-0.2, 0) is 6.54 Å². The number of nitrogens with zero attached hydrogens (tertiary/aromatic N) is 3. The van der Waals surface area contributed by atoms with Crippen molar-refractivity contribution in [2.24, 2.45) is 0 Å². The van der Waals surface area contributed by atoms with Gasteiger partial charge in [0.1, 0.15) is 10.8 Å². The number of halogens is 1. The zero-order valence-electron chi connectivity index (χ0n) is 8.17. The van der Waals surface area contributed by atoms with Crippen molar-refractivity contribution in [3.63, 3.8) is 0 Å². The molecule has 0 radical (unpaired) electrons. The summed E-state index contributed by atoms with van der Waals surface area (Å²) in [6, 6.07) is 3.13. The third-order valence-electron chi connectivity index (χ3n) is 2.00. The van der Waals surface area contributed by atoms with Crippen LogP contribution in [0.3, 0.4) is 0 Å². The van der Waals surface area contributed by atoms with E-state index < -0.39 is 5.97 Å². The Morgan fingerprint density at radius 2 is 2.31 bits per heavy atom. The van der Waals surface area contributed by atoms with Gasteiger partial charge in [-0.15, -0.1) is 0 Å². The van der Waals surface area contributed by atoms with E-state index in [1.54, 1.807) is 24.8 Å². The minimum atomic E-state index is -1.09. The molecule has 2 aromatic rings. The van der Waals surface area contributed by atoms with Gasteiger partial charge in [0.2, 0.25) is 0 Å². The first kappa shape index (κ1) is 10.6. The Labute approximate surface area is 96.3 Å². The molecule has 0 bridgehead atoms. The lowest BCUT2D eigenvalue weighted by molar-refractivity contribution is 0.0690. The molecule has 0 unspecified atom stereocenters. The summed E-state index contributed by atoms with van der Waals surface area (Å²) >= 11 is 5.73. The maximum atomic E-state index is 10.8. The summed E-state index contributed by atoms with van der Waals surface area (Å²) in [6.45, 7) is 0.516. The lowest BCUT2D eigenvalue weighted by Crippen LogP contribution is -2.04. The largest absolute Gasteiger partial charge is 0.477 e. The Balaban J connectivity index is 2.31. The number of carboxylic acids is 1. The average molecular weight is 238 g/mol. The summed E-state index contributed by atoms with van der Waals surface area (Å²) in [6.07, 6.45) is 5.09. The van der Waals surface area contributed by atoms with Crippen LogP contribution in [0.5, 0.6) is 0 Å². The zero-order chi connectivity index (χ0) is 11.5. The van der Waals surface area contributed by atoms with Gasteiger partial charge in [0.15, 0.2) is 0 Å². The molecule has 0 aliphatic carbocycles. The lowest BCUT2D eigenvalue weighted by atomic mass is 10.2. The summed E-state index contributed by atoms with van der Waals surface area (Å²) in [4.78, 5) is 18.4. The first-order valence-electron chi connectivity index (χ1n) is 4.50. The van der Waals surface area contributed by atoms with Gasteiger partial charge in [0.05, 0.1) is 6.33 Å². The number of imidazole rings is 1. The molecule has 0 saturated carbocycles. The molecule has 0 amide bonds. The highest BCUT2D eigenvalue weighted by Crippen LogP contribution is 2.12. The molecule has 2 rings (SSSR count). The molecule has 0 fully saturated rings. The van der Waals surface area contributed by atoms with E-state index in [1.807, 2.05) is 4.57 Å². The van der Waals surface area contributed by atoms with Gasteiger partial charge >= 0.3 is 5.97 Å². The zero-order valence-corrected chi connectivity index (χ0v) is 8.92. The van der Waals surface area contributed by atoms with Crippen LogP contribution in [0, 0.1) is 0 Å². The Morgan fingerprint density at radius 1 is 1.50 bits per heavy atom. The van der Waals surface area contributed by atoms with Gasteiger partial charge in [0, 0.05) is 18.9 Å². The molecule has 2 heterocycles. The Kier molecular flexibility index (Phi) is 2.87. The highest BCUT2D eigenvalue weighted by atomic mass is 35.5. The second-order valence-electron chi connectivity index (χ2n) is 3.22. The quantitative estimate of drug-likeness (QED) is 0.825. The number of aromatic nitrogens is 3. The van der Waals surface area contributed by atoms with Crippen LogP contribution in [-0.4, -0.2) is 25.6 Å². The van der Waals surface area contributed by atoms with Crippen LogP contribution in [0.25, 0.3) is 0 Å². The van der Waals surface area contributed by atoms with Crippen molar-refractivity contribution < 1.29 is 9.90 Å². The number of hydrogen-bond acceptors (Lipinski definition) is 3. The van der Waals surface area contributed by atoms with Gasteiger partial charge in [-0.2, -0.15) is 0 Å². The first-order valence-corrected chi connectivity index (χ1v) is 4.88. The van der Waals surface area contributed by atoms with Crippen molar-refractivity contribution in [1.29, 1.82) is 0 Å². The summed E-state index contributed by atoms with van der Waals surface area (Å²) in [5.41, 5.74) is 0.720. The maximum absolute atomic E-state index is 10.8. The predicted molar refractivity (Wildman–Crippen MR) is 57.5 cm³/mol. The van der Waals surface area contributed by atoms with Gasteiger partial charge in [-0.25, -0.2) is 14.8 Å². The highest BCUT2D eigenvalue weighted by Gasteiger charge is 2.08. The SMILES string of the molecule is O=C(O)c1cc(Cn2ccnc2)cc(Cl)n1. The fourth-order valence-corrected chi connectivity index (χ4v) is 1.57. The molecule has 1 N–H and O–H groups in total. The van der Waals surface area contributed by atoms with Crippen LogP contribution in [0.1, 0.15) is 16.1 Å². The van der Waals surface area contributed by atoms with E-state index in [0.717, 1.165) is 5.56 Å². The molecule has 6 heteroatoms. The Bertz CT molecular complexity index is 511. The monoisotopic (exact) mass is 237 g/mol. The molecule has 0 atom stereocenters. The fraction of sp³-hybridized carbons (Fsp3) is 0.100. The summed E-state index contributed by atoms with van der Waals surface area (Å²) in [5, 5.41) is 9.00. The summed E-state index contributed by atoms with van der Waals surface area (Å²) in [5.74, 6) is -1.09. The van der Waals surface area contributed by atoms with Gasteiger partial charge in [-0.1, -0.05) is 11.6 Å².